The fourth-order valence-electron chi connectivity index (χ4n) is 5.30. The summed E-state index contributed by atoms with van der Waals surface area (Å²) in [4.78, 5) is 92.5. The van der Waals surface area contributed by atoms with Gasteiger partial charge in [-0.05, 0) is 78.0 Å². The number of aliphatic hydroxyl groups is 1. The van der Waals surface area contributed by atoms with E-state index in [0.29, 0.717) is 11.1 Å². The number of ether oxygens (including phenoxy) is 3. The van der Waals surface area contributed by atoms with Gasteiger partial charge in [0.2, 0.25) is 11.8 Å². The van der Waals surface area contributed by atoms with Gasteiger partial charge in [-0.2, -0.15) is 5.10 Å². The zero-order valence-electron chi connectivity index (χ0n) is 33.7. The third-order valence-electron chi connectivity index (χ3n) is 8.32. The summed E-state index contributed by atoms with van der Waals surface area (Å²) < 4.78 is 15.9. The number of carbonyl (C=O) groups excluding carboxylic acids is 7. The van der Waals surface area contributed by atoms with Gasteiger partial charge in [0, 0.05) is 6.21 Å². The second-order valence-electron chi connectivity index (χ2n) is 14.6. The summed E-state index contributed by atoms with van der Waals surface area (Å²) in [6, 6.07) is 11.1. The third-order valence-corrected chi connectivity index (χ3v) is 8.32. The molecular weight excluding hydrogens is 754 g/mol. The first-order valence-corrected chi connectivity index (χ1v) is 18.6. The number of rotatable bonds is 16. The normalized spacial score (nSPS) is 15.6. The second kappa shape index (κ2) is 21.9. The maximum atomic E-state index is 14.1. The van der Waals surface area contributed by atoms with Gasteiger partial charge in [0.1, 0.15) is 42.6 Å². The van der Waals surface area contributed by atoms with Crippen LogP contribution in [0.15, 0.2) is 77.0 Å². The molecule has 1 heterocycles. The third kappa shape index (κ3) is 14.6. The molecule has 1 aliphatic heterocycles. The topological polar surface area (TPSA) is 243 Å². The molecule has 6 amide bonds. The van der Waals surface area contributed by atoms with Crippen LogP contribution in [0.5, 0.6) is 0 Å². The number of benzene rings is 2. The van der Waals surface area contributed by atoms with Crippen molar-refractivity contribution in [2.24, 2.45) is 5.10 Å². The van der Waals surface area contributed by atoms with Crippen molar-refractivity contribution in [3.05, 3.63) is 83.1 Å². The maximum absolute atomic E-state index is 14.1. The molecule has 5 atom stereocenters. The quantitative estimate of drug-likeness (QED) is 0.0817. The zero-order chi connectivity index (χ0) is 43.0. The summed E-state index contributed by atoms with van der Waals surface area (Å²) in [7, 11) is 0. The van der Waals surface area contributed by atoms with Crippen LogP contribution >= 0.6 is 0 Å². The van der Waals surface area contributed by atoms with Crippen molar-refractivity contribution in [2.45, 2.75) is 110 Å². The van der Waals surface area contributed by atoms with Crippen molar-refractivity contribution in [2.75, 3.05) is 6.61 Å². The van der Waals surface area contributed by atoms with Crippen molar-refractivity contribution in [3.8, 4) is 0 Å². The minimum absolute atomic E-state index is 0.0608. The summed E-state index contributed by atoms with van der Waals surface area (Å²) in [5.41, 5.74) is 0.579. The predicted octanol–water partition coefficient (Wildman–Crippen LogP) is 2.31. The summed E-state index contributed by atoms with van der Waals surface area (Å²) in [5, 5.41) is 27.2. The second-order valence-corrected chi connectivity index (χ2v) is 14.6. The Bertz CT molecular complexity index is 1830. The number of amides is 6. The van der Waals surface area contributed by atoms with E-state index in [1.807, 2.05) is 6.07 Å². The van der Waals surface area contributed by atoms with Crippen molar-refractivity contribution < 1.29 is 52.9 Å². The molecule has 0 bridgehead atoms. The Morgan fingerprint density at radius 3 is 1.97 bits per heavy atom. The average Bonchev–Trinajstić information content (AvgIpc) is 3.18. The molecule has 0 radical (unpaired) electrons. The van der Waals surface area contributed by atoms with Crippen LogP contribution in [0.4, 0.5) is 9.59 Å². The fraction of sp³-hybridized carbons (Fsp3) is 0.450. The molecule has 2 aromatic rings. The van der Waals surface area contributed by atoms with E-state index in [2.05, 4.69) is 31.7 Å². The molecule has 0 saturated heterocycles. The first-order valence-electron chi connectivity index (χ1n) is 18.6. The van der Waals surface area contributed by atoms with E-state index in [9.17, 15) is 38.7 Å². The molecule has 0 aliphatic carbocycles. The van der Waals surface area contributed by atoms with Gasteiger partial charge in [0.05, 0.1) is 12.6 Å². The van der Waals surface area contributed by atoms with Crippen LogP contribution in [-0.2, 0) is 51.4 Å². The van der Waals surface area contributed by atoms with Gasteiger partial charge in [-0.15, -0.1) is 0 Å². The van der Waals surface area contributed by atoms with Crippen LogP contribution < -0.4 is 26.6 Å². The number of aliphatic hydroxyl groups excluding tert-OH is 1. The van der Waals surface area contributed by atoms with Crippen LogP contribution in [0.2, 0.25) is 0 Å². The number of allylic oxidation sites excluding steroid dienone is 1. The first kappa shape index (κ1) is 46.1. The van der Waals surface area contributed by atoms with Crippen LogP contribution in [0.3, 0.4) is 0 Å². The number of nitrogens with zero attached hydrogens (tertiary/aromatic N) is 2. The lowest BCUT2D eigenvalue weighted by Crippen LogP contribution is -2.62. The van der Waals surface area contributed by atoms with Crippen LogP contribution in [0, 0.1) is 0 Å². The number of hydrogen-bond acceptors (Lipinski definition) is 12. The lowest BCUT2D eigenvalue weighted by Gasteiger charge is -2.34. The molecule has 0 fully saturated rings. The number of esters is 1. The Morgan fingerprint density at radius 2 is 1.41 bits per heavy atom. The molecule has 3 rings (SSSR count). The minimum atomic E-state index is -1.50. The van der Waals surface area contributed by atoms with Crippen molar-refractivity contribution in [1.29, 1.82) is 0 Å². The zero-order valence-corrected chi connectivity index (χ0v) is 33.7. The SMILES string of the molecule is CC(C)=C(NC(=O)[C@H](C)NC(=O)[C@@H]1CCC=NN1C(=O)[C@@H](NC(=O)OC(C)(C)C)[C@H](C)NC(=O)OCc1ccccc1)C(=O)N[C@@H](CO)C(=O)OCc1ccccc1. The van der Waals surface area contributed by atoms with E-state index in [1.165, 1.54) is 33.9 Å². The monoisotopic (exact) mass is 807 g/mol. The Labute approximate surface area is 337 Å². The largest absolute Gasteiger partial charge is 0.459 e. The summed E-state index contributed by atoms with van der Waals surface area (Å²) in [6.07, 6.45) is -0.0758. The maximum Gasteiger partial charge on any atom is 0.408 e. The molecule has 314 valence electrons. The van der Waals surface area contributed by atoms with E-state index >= 15 is 0 Å². The minimum Gasteiger partial charge on any atom is -0.459 e. The number of carbonyl (C=O) groups is 7. The smallest absolute Gasteiger partial charge is 0.408 e. The van der Waals surface area contributed by atoms with Gasteiger partial charge in [0.25, 0.3) is 11.8 Å². The Hall–Kier alpha value is -6.30. The van der Waals surface area contributed by atoms with E-state index in [1.54, 1.807) is 75.4 Å². The average molecular weight is 808 g/mol. The molecule has 18 nitrogen and oxygen atoms in total. The number of hydrogen-bond donors (Lipinski definition) is 6. The van der Waals surface area contributed by atoms with E-state index in [0.717, 1.165) is 10.6 Å². The van der Waals surface area contributed by atoms with Crippen LogP contribution in [-0.4, -0.2) is 101 Å². The van der Waals surface area contributed by atoms with Gasteiger partial charge in [-0.25, -0.2) is 19.4 Å². The van der Waals surface area contributed by atoms with E-state index in [-0.39, 0.29) is 31.8 Å². The van der Waals surface area contributed by atoms with Crippen LogP contribution in [0.1, 0.15) is 72.4 Å². The van der Waals surface area contributed by atoms with Gasteiger partial charge in [-0.1, -0.05) is 60.7 Å². The molecule has 1 aliphatic rings. The van der Waals surface area contributed by atoms with Gasteiger partial charge >= 0.3 is 18.2 Å². The molecule has 0 saturated carbocycles. The highest BCUT2D eigenvalue weighted by Gasteiger charge is 2.40. The Morgan fingerprint density at radius 1 is 0.828 bits per heavy atom. The van der Waals surface area contributed by atoms with Crippen molar-refractivity contribution >= 4 is 48.0 Å². The molecule has 0 aromatic heterocycles. The van der Waals surface area contributed by atoms with Gasteiger partial charge in [-0.3, -0.25) is 19.2 Å². The standard InChI is InChI=1S/C40H53N7O11/c1-24(2)31(35(51)44-29(21-48)37(53)56-22-27-15-10-8-11-16-27)45-33(49)26(4)42-34(50)30-19-14-20-41-47(30)36(52)32(46-39(55)58-40(5,6)7)25(3)43-38(54)57-23-28-17-12-9-13-18-28/h8-13,15-18,20,25-26,29-30,32,48H,14,19,21-23H2,1-7H3,(H,42,50)(H,43,54)(H,44,51)(H,45,49)(H,46,55)/t25-,26-,29-,30-,32-/m0/s1. The Balaban J connectivity index is 1.69. The first-order chi connectivity index (χ1) is 27.4. The predicted molar refractivity (Wildman–Crippen MR) is 210 cm³/mol. The molecular formula is C40H53N7O11. The van der Waals surface area contributed by atoms with Crippen molar-refractivity contribution in [3.63, 3.8) is 0 Å². The summed E-state index contributed by atoms with van der Waals surface area (Å²) >= 11 is 0. The van der Waals surface area contributed by atoms with Gasteiger partial charge < -0.3 is 45.9 Å². The lowest BCUT2D eigenvalue weighted by atomic mass is 10.0. The highest BCUT2D eigenvalue weighted by molar-refractivity contribution is 6.01. The number of nitrogens with one attached hydrogen (secondary N) is 5. The van der Waals surface area contributed by atoms with Crippen molar-refractivity contribution in [1.82, 2.24) is 31.6 Å². The Kier molecular flexibility index (Phi) is 17.4. The highest BCUT2D eigenvalue weighted by Crippen LogP contribution is 2.17. The molecule has 2 aromatic carbocycles. The summed E-state index contributed by atoms with van der Waals surface area (Å²) in [6.45, 7) is 9.81. The van der Waals surface area contributed by atoms with Crippen LogP contribution in [0.25, 0.3) is 0 Å². The fourth-order valence-corrected chi connectivity index (χ4v) is 5.30. The highest BCUT2D eigenvalue weighted by atomic mass is 16.6. The summed E-state index contributed by atoms with van der Waals surface area (Å²) in [5.74, 6) is -4.27. The molecule has 18 heteroatoms. The van der Waals surface area contributed by atoms with Gasteiger partial charge in [0.15, 0.2) is 6.04 Å². The molecule has 6 N–H and O–H groups in total. The van der Waals surface area contributed by atoms with E-state index < -0.39 is 84.2 Å². The van der Waals surface area contributed by atoms with E-state index in [4.69, 9.17) is 14.2 Å². The molecule has 0 unspecified atom stereocenters. The number of hydrazone groups is 1. The number of alkyl carbamates (subject to hydrolysis) is 2. The lowest BCUT2D eigenvalue weighted by molar-refractivity contribution is -0.150. The molecule has 0 spiro atoms. The molecule has 58 heavy (non-hydrogen) atoms.